The first-order valence-corrected chi connectivity index (χ1v) is 9.53. The standard InChI is InChI=1S/C18H31N3O6/c1-18(2,3)27-17(25)19-14(11-12-6-9-26-10-7-12)15(22)21-8-4-5-13(20-21)16(23)24/h12-14,20H,4-11H2,1-3H3,(H,19,25)(H,23,24)/t13-,14?/m0/s1. The highest BCUT2D eigenvalue weighted by Crippen LogP contribution is 2.22. The van der Waals surface area contributed by atoms with Crippen LogP contribution in [0.5, 0.6) is 0 Å². The van der Waals surface area contributed by atoms with Crippen molar-refractivity contribution in [2.75, 3.05) is 19.8 Å². The van der Waals surface area contributed by atoms with Crippen molar-refractivity contribution in [2.45, 2.75) is 70.6 Å². The monoisotopic (exact) mass is 385 g/mol. The number of hydrogen-bond donors (Lipinski definition) is 3. The zero-order valence-electron chi connectivity index (χ0n) is 16.3. The van der Waals surface area contributed by atoms with Crippen LogP contribution in [-0.4, -0.2) is 65.5 Å². The molecule has 2 amide bonds. The van der Waals surface area contributed by atoms with Gasteiger partial charge in [0.1, 0.15) is 17.7 Å². The molecule has 2 fully saturated rings. The number of alkyl carbamates (subject to hydrolysis) is 1. The summed E-state index contributed by atoms with van der Waals surface area (Å²) in [5, 5.41) is 13.2. The van der Waals surface area contributed by atoms with Crippen molar-refractivity contribution in [3.63, 3.8) is 0 Å². The smallest absolute Gasteiger partial charge is 0.408 e. The van der Waals surface area contributed by atoms with Crippen LogP contribution in [0.15, 0.2) is 0 Å². The van der Waals surface area contributed by atoms with Crippen LogP contribution in [0.25, 0.3) is 0 Å². The van der Waals surface area contributed by atoms with Crippen LogP contribution in [0.1, 0.15) is 52.9 Å². The number of aliphatic carboxylic acids is 1. The number of nitrogens with one attached hydrogen (secondary N) is 2. The van der Waals surface area contributed by atoms with E-state index in [1.54, 1.807) is 20.8 Å². The highest BCUT2D eigenvalue weighted by atomic mass is 16.6. The molecular weight excluding hydrogens is 354 g/mol. The number of hydrazine groups is 1. The van der Waals surface area contributed by atoms with Crippen molar-refractivity contribution in [1.29, 1.82) is 0 Å². The maximum Gasteiger partial charge on any atom is 0.408 e. The van der Waals surface area contributed by atoms with Crippen molar-refractivity contribution in [3.05, 3.63) is 0 Å². The number of rotatable bonds is 5. The summed E-state index contributed by atoms with van der Waals surface area (Å²) < 4.78 is 10.7. The van der Waals surface area contributed by atoms with Gasteiger partial charge in [-0.15, -0.1) is 0 Å². The number of carbonyl (C=O) groups is 3. The van der Waals surface area contributed by atoms with Gasteiger partial charge in [-0.2, -0.15) is 0 Å². The molecule has 2 rings (SSSR count). The molecule has 3 N–H and O–H groups in total. The zero-order valence-corrected chi connectivity index (χ0v) is 16.3. The van der Waals surface area contributed by atoms with Gasteiger partial charge in [-0.25, -0.2) is 10.2 Å². The largest absolute Gasteiger partial charge is 0.480 e. The van der Waals surface area contributed by atoms with Crippen LogP contribution in [0.2, 0.25) is 0 Å². The van der Waals surface area contributed by atoms with E-state index in [9.17, 15) is 19.5 Å². The van der Waals surface area contributed by atoms with Crippen molar-refractivity contribution < 1.29 is 29.0 Å². The maximum absolute atomic E-state index is 13.0. The molecule has 9 nitrogen and oxygen atoms in total. The van der Waals surface area contributed by atoms with Crippen molar-refractivity contribution in [3.8, 4) is 0 Å². The second kappa shape index (κ2) is 9.36. The van der Waals surface area contributed by atoms with E-state index in [2.05, 4.69) is 10.7 Å². The van der Waals surface area contributed by atoms with E-state index in [1.807, 2.05) is 0 Å². The number of carboxylic acids is 1. The molecule has 0 radical (unpaired) electrons. The molecule has 0 spiro atoms. The lowest BCUT2D eigenvalue weighted by Gasteiger charge is -2.35. The highest BCUT2D eigenvalue weighted by molar-refractivity contribution is 5.86. The van der Waals surface area contributed by atoms with Crippen molar-refractivity contribution in [1.82, 2.24) is 15.8 Å². The van der Waals surface area contributed by atoms with Crippen molar-refractivity contribution in [2.24, 2.45) is 5.92 Å². The lowest BCUT2D eigenvalue weighted by Crippen LogP contribution is -2.60. The first kappa shape index (κ1) is 21.4. The lowest BCUT2D eigenvalue weighted by molar-refractivity contribution is -0.148. The van der Waals surface area contributed by atoms with E-state index in [1.165, 1.54) is 5.01 Å². The Bertz CT molecular complexity index is 542. The summed E-state index contributed by atoms with van der Waals surface area (Å²) in [4.78, 5) is 36.5. The van der Waals surface area contributed by atoms with Gasteiger partial charge in [0, 0.05) is 19.8 Å². The van der Waals surface area contributed by atoms with Crippen molar-refractivity contribution >= 4 is 18.0 Å². The molecule has 0 aromatic carbocycles. The van der Waals surface area contributed by atoms with E-state index in [-0.39, 0.29) is 11.8 Å². The Balaban J connectivity index is 2.05. The average molecular weight is 385 g/mol. The van der Waals surface area contributed by atoms with E-state index >= 15 is 0 Å². The van der Waals surface area contributed by atoms with Crippen LogP contribution in [-0.2, 0) is 19.1 Å². The third-order valence-electron chi connectivity index (χ3n) is 4.65. The first-order chi connectivity index (χ1) is 12.7. The van der Waals surface area contributed by atoms with Gasteiger partial charge in [-0.05, 0) is 58.8 Å². The quantitative estimate of drug-likeness (QED) is 0.652. The molecule has 154 valence electrons. The minimum atomic E-state index is -0.992. The fraction of sp³-hybridized carbons (Fsp3) is 0.833. The molecule has 2 saturated heterocycles. The summed E-state index contributed by atoms with van der Waals surface area (Å²) in [5.74, 6) is -1.07. The number of nitrogens with zero attached hydrogens (tertiary/aromatic N) is 1. The summed E-state index contributed by atoms with van der Waals surface area (Å²) in [5.41, 5.74) is 2.09. The molecule has 0 aliphatic carbocycles. The van der Waals surface area contributed by atoms with Gasteiger partial charge in [0.05, 0.1) is 0 Å². The minimum Gasteiger partial charge on any atom is -0.480 e. The molecule has 0 aromatic rings. The van der Waals surface area contributed by atoms with Crippen LogP contribution in [0.4, 0.5) is 4.79 Å². The van der Waals surface area contributed by atoms with Crippen LogP contribution in [0.3, 0.4) is 0 Å². The Morgan fingerprint density at radius 1 is 1.26 bits per heavy atom. The second-order valence-corrected chi connectivity index (χ2v) is 8.14. The Hall–Kier alpha value is -1.87. The van der Waals surface area contributed by atoms with Gasteiger partial charge in [0.15, 0.2) is 0 Å². The second-order valence-electron chi connectivity index (χ2n) is 8.14. The number of carboxylic acid groups (broad SMARTS) is 1. The summed E-state index contributed by atoms with van der Waals surface area (Å²) in [7, 11) is 0. The fourth-order valence-electron chi connectivity index (χ4n) is 3.30. The van der Waals surface area contributed by atoms with Gasteiger partial charge < -0.3 is 19.9 Å². The maximum atomic E-state index is 13.0. The topological polar surface area (TPSA) is 117 Å². The number of ether oxygens (including phenoxy) is 2. The Kier molecular flexibility index (Phi) is 7.43. The summed E-state index contributed by atoms with van der Waals surface area (Å²) in [6.07, 6.45) is 2.52. The average Bonchev–Trinajstić information content (AvgIpc) is 2.60. The summed E-state index contributed by atoms with van der Waals surface area (Å²) in [6.45, 7) is 6.95. The summed E-state index contributed by atoms with van der Waals surface area (Å²) >= 11 is 0. The molecule has 2 aliphatic rings. The highest BCUT2D eigenvalue weighted by Gasteiger charge is 2.34. The molecule has 2 atom stereocenters. The number of hydrogen-bond acceptors (Lipinski definition) is 6. The Morgan fingerprint density at radius 3 is 2.52 bits per heavy atom. The van der Waals surface area contributed by atoms with Crippen LogP contribution in [0, 0.1) is 5.92 Å². The molecule has 0 aromatic heterocycles. The molecular formula is C18H31N3O6. The molecule has 27 heavy (non-hydrogen) atoms. The molecule has 9 heteroatoms. The van der Waals surface area contributed by atoms with Gasteiger partial charge in [-0.1, -0.05) is 0 Å². The predicted molar refractivity (Wildman–Crippen MR) is 96.8 cm³/mol. The first-order valence-electron chi connectivity index (χ1n) is 9.53. The number of amides is 2. The number of carbonyl (C=O) groups excluding carboxylic acids is 2. The fourth-order valence-corrected chi connectivity index (χ4v) is 3.30. The van der Waals surface area contributed by atoms with Gasteiger partial charge >= 0.3 is 12.1 Å². The Labute approximate surface area is 159 Å². The third kappa shape index (κ3) is 6.99. The molecule has 0 saturated carbocycles. The SMILES string of the molecule is CC(C)(C)OC(=O)NC(CC1CCOCC1)C(=O)N1CCC[C@@H](C(=O)O)N1. The third-order valence-corrected chi connectivity index (χ3v) is 4.65. The van der Waals surface area contributed by atoms with Gasteiger partial charge in [-0.3, -0.25) is 14.6 Å². The van der Waals surface area contributed by atoms with E-state index in [0.717, 1.165) is 12.8 Å². The van der Waals surface area contributed by atoms with E-state index < -0.39 is 29.7 Å². The predicted octanol–water partition coefficient (Wildman–Crippen LogP) is 1.28. The molecule has 2 heterocycles. The Morgan fingerprint density at radius 2 is 1.93 bits per heavy atom. The minimum absolute atomic E-state index is 0.252. The van der Waals surface area contributed by atoms with Gasteiger partial charge in [0.25, 0.3) is 5.91 Å². The zero-order chi connectivity index (χ0) is 20.0. The normalized spacial score (nSPS) is 22.8. The van der Waals surface area contributed by atoms with E-state index in [0.29, 0.717) is 39.0 Å². The lowest BCUT2D eigenvalue weighted by atomic mass is 9.92. The summed E-state index contributed by atoms with van der Waals surface area (Å²) in [6, 6.07) is -1.57. The molecule has 2 aliphatic heterocycles. The van der Waals surface area contributed by atoms with Crippen LogP contribution >= 0.6 is 0 Å². The molecule has 0 bridgehead atoms. The molecule has 1 unspecified atom stereocenters. The van der Waals surface area contributed by atoms with Crippen LogP contribution < -0.4 is 10.7 Å². The van der Waals surface area contributed by atoms with E-state index in [4.69, 9.17) is 9.47 Å². The van der Waals surface area contributed by atoms with Gasteiger partial charge in [0.2, 0.25) is 0 Å².